The SMILES string of the molecule is CCOC(=O)c1c(NC(=O)C(Cl)(Cl)Cl)sc2c1CC(C)(C)OC2. The Hall–Kier alpha value is -0.530. The van der Waals surface area contributed by atoms with Gasteiger partial charge >= 0.3 is 5.97 Å². The molecule has 1 N–H and O–H groups in total. The van der Waals surface area contributed by atoms with Crippen molar-refractivity contribution >= 4 is 63.0 Å². The van der Waals surface area contributed by atoms with Crippen LogP contribution in [0.15, 0.2) is 0 Å². The van der Waals surface area contributed by atoms with Crippen LogP contribution in [0.5, 0.6) is 0 Å². The fraction of sp³-hybridized carbons (Fsp3) is 0.571. The fourth-order valence-electron chi connectivity index (χ4n) is 2.23. The third-order valence-electron chi connectivity index (χ3n) is 3.25. The highest BCUT2D eigenvalue weighted by molar-refractivity contribution is 7.17. The lowest BCUT2D eigenvalue weighted by Crippen LogP contribution is -2.32. The summed E-state index contributed by atoms with van der Waals surface area (Å²) in [7, 11) is 0. The number of rotatable bonds is 3. The molecule has 0 unspecified atom stereocenters. The van der Waals surface area contributed by atoms with E-state index in [9.17, 15) is 9.59 Å². The Kier molecular flexibility index (Phi) is 5.53. The summed E-state index contributed by atoms with van der Waals surface area (Å²) < 4.78 is 8.73. The summed E-state index contributed by atoms with van der Waals surface area (Å²) in [5, 5.41) is 2.81. The van der Waals surface area contributed by atoms with Gasteiger partial charge in [0.25, 0.3) is 9.70 Å². The first kappa shape index (κ1) is 18.8. The number of carbonyl (C=O) groups excluding carboxylic acids is 2. The first-order chi connectivity index (χ1) is 10.5. The molecule has 0 aliphatic carbocycles. The molecule has 0 aromatic carbocycles. The van der Waals surface area contributed by atoms with Crippen LogP contribution in [0.4, 0.5) is 5.00 Å². The van der Waals surface area contributed by atoms with E-state index in [2.05, 4.69) is 5.32 Å². The Morgan fingerprint density at radius 1 is 1.39 bits per heavy atom. The molecule has 0 saturated heterocycles. The van der Waals surface area contributed by atoms with Crippen LogP contribution in [0.1, 0.15) is 41.6 Å². The van der Waals surface area contributed by atoms with Crippen molar-refractivity contribution in [2.75, 3.05) is 11.9 Å². The molecule has 0 radical (unpaired) electrons. The molecule has 1 amide bonds. The van der Waals surface area contributed by atoms with E-state index in [0.717, 1.165) is 10.4 Å². The van der Waals surface area contributed by atoms with Crippen LogP contribution in [0.2, 0.25) is 0 Å². The van der Waals surface area contributed by atoms with Crippen molar-refractivity contribution in [3.05, 3.63) is 16.0 Å². The number of halogens is 3. The number of anilines is 1. The molecule has 2 rings (SSSR count). The average molecular weight is 401 g/mol. The lowest BCUT2D eigenvalue weighted by molar-refractivity contribution is -0.115. The zero-order chi connectivity index (χ0) is 17.4. The van der Waals surface area contributed by atoms with E-state index < -0.39 is 21.3 Å². The molecule has 0 saturated carbocycles. The first-order valence-corrected chi connectivity index (χ1v) is 8.84. The summed E-state index contributed by atoms with van der Waals surface area (Å²) in [5.41, 5.74) is 0.710. The van der Waals surface area contributed by atoms with E-state index in [1.807, 2.05) is 13.8 Å². The van der Waals surface area contributed by atoms with Crippen LogP contribution in [-0.2, 0) is 27.3 Å². The second-order valence-electron chi connectivity index (χ2n) is 5.61. The van der Waals surface area contributed by atoms with Gasteiger partial charge in [0.15, 0.2) is 0 Å². The minimum atomic E-state index is -2.12. The van der Waals surface area contributed by atoms with Crippen molar-refractivity contribution < 1.29 is 19.1 Å². The van der Waals surface area contributed by atoms with Crippen LogP contribution < -0.4 is 5.32 Å². The number of nitrogens with one attached hydrogen (secondary N) is 1. The molecule has 23 heavy (non-hydrogen) atoms. The molecule has 0 spiro atoms. The zero-order valence-electron chi connectivity index (χ0n) is 12.8. The summed E-state index contributed by atoms with van der Waals surface area (Å²) in [5.74, 6) is -1.34. The van der Waals surface area contributed by atoms with Crippen molar-refractivity contribution in [2.45, 2.75) is 43.2 Å². The van der Waals surface area contributed by atoms with Gasteiger partial charge in [-0.15, -0.1) is 11.3 Å². The Labute approximate surface area is 153 Å². The number of amides is 1. The number of hydrogen-bond donors (Lipinski definition) is 1. The minimum Gasteiger partial charge on any atom is -0.462 e. The van der Waals surface area contributed by atoms with E-state index in [4.69, 9.17) is 44.3 Å². The molecule has 0 fully saturated rings. The summed E-state index contributed by atoms with van der Waals surface area (Å²) in [6, 6.07) is 0. The van der Waals surface area contributed by atoms with Crippen molar-refractivity contribution in [3.8, 4) is 0 Å². The third-order valence-corrected chi connectivity index (χ3v) is 4.89. The van der Waals surface area contributed by atoms with Gasteiger partial charge in [-0.3, -0.25) is 4.79 Å². The van der Waals surface area contributed by atoms with Crippen LogP contribution >= 0.6 is 46.1 Å². The summed E-state index contributed by atoms with van der Waals surface area (Å²) in [6.45, 7) is 6.15. The van der Waals surface area contributed by atoms with Gasteiger partial charge in [-0.25, -0.2) is 4.79 Å². The minimum absolute atomic E-state index is 0.223. The Balaban J connectivity index is 2.44. The molecule has 0 atom stereocenters. The van der Waals surface area contributed by atoms with Gasteiger partial charge in [0, 0.05) is 11.3 Å². The van der Waals surface area contributed by atoms with Crippen molar-refractivity contribution in [3.63, 3.8) is 0 Å². The van der Waals surface area contributed by atoms with Gasteiger partial charge in [-0.05, 0) is 26.3 Å². The second kappa shape index (κ2) is 6.76. The highest BCUT2D eigenvalue weighted by Gasteiger charge is 2.37. The van der Waals surface area contributed by atoms with Gasteiger partial charge in [-0.1, -0.05) is 34.8 Å². The molecule has 1 aliphatic heterocycles. The number of alkyl halides is 3. The van der Waals surface area contributed by atoms with Gasteiger partial charge in [0.1, 0.15) is 5.00 Å². The molecule has 9 heteroatoms. The topological polar surface area (TPSA) is 64.6 Å². The molecule has 1 aromatic heterocycles. The smallest absolute Gasteiger partial charge is 0.341 e. The van der Waals surface area contributed by atoms with E-state index in [1.165, 1.54) is 11.3 Å². The number of carbonyl (C=O) groups is 2. The predicted octanol–water partition coefficient (Wildman–Crippen LogP) is 4.08. The number of hydrogen-bond acceptors (Lipinski definition) is 5. The Bertz CT molecular complexity index is 637. The third kappa shape index (κ3) is 4.31. The molecule has 128 valence electrons. The maximum absolute atomic E-state index is 12.3. The highest BCUT2D eigenvalue weighted by atomic mass is 35.6. The summed E-state index contributed by atoms with van der Waals surface area (Å²) in [6.07, 6.45) is 0.524. The predicted molar refractivity (Wildman–Crippen MR) is 91.8 cm³/mol. The van der Waals surface area contributed by atoms with E-state index in [-0.39, 0.29) is 6.61 Å². The van der Waals surface area contributed by atoms with Crippen molar-refractivity contribution in [1.82, 2.24) is 0 Å². The monoisotopic (exact) mass is 399 g/mol. The standard InChI is InChI=1S/C14H16Cl3NO4S/c1-4-21-11(19)9-7-5-13(2,3)22-6-8(7)23-10(9)18-12(20)14(15,16)17/h4-6H2,1-3H3,(H,18,20). The van der Waals surface area contributed by atoms with Gasteiger partial charge < -0.3 is 14.8 Å². The van der Waals surface area contributed by atoms with E-state index in [0.29, 0.717) is 23.6 Å². The number of thiophene rings is 1. The molecule has 2 heterocycles. The van der Waals surface area contributed by atoms with Crippen LogP contribution in [0, 0.1) is 0 Å². The van der Waals surface area contributed by atoms with Crippen molar-refractivity contribution in [2.24, 2.45) is 0 Å². The van der Waals surface area contributed by atoms with Crippen LogP contribution in [0.25, 0.3) is 0 Å². The average Bonchev–Trinajstić information content (AvgIpc) is 2.73. The zero-order valence-corrected chi connectivity index (χ0v) is 15.9. The largest absolute Gasteiger partial charge is 0.462 e. The Morgan fingerprint density at radius 2 is 2.04 bits per heavy atom. The van der Waals surface area contributed by atoms with Crippen molar-refractivity contribution in [1.29, 1.82) is 0 Å². The number of esters is 1. The molecule has 0 bridgehead atoms. The van der Waals surface area contributed by atoms with Crippen LogP contribution in [-0.4, -0.2) is 27.9 Å². The van der Waals surface area contributed by atoms with Gasteiger partial charge in [0.05, 0.1) is 24.4 Å². The first-order valence-electron chi connectivity index (χ1n) is 6.89. The maximum atomic E-state index is 12.3. The molecule has 5 nitrogen and oxygen atoms in total. The molecule has 1 aromatic rings. The second-order valence-corrected chi connectivity index (χ2v) is 8.99. The molecule has 1 aliphatic rings. The van der Waals surface area contributed by atoms with Gasteiger partial charge in [0.2, 0.25) is 0 Å². The number of ether oxygens (including phenoxy) is 2. The van der Waals surface area contributed by atoms with E-state index >= 15 is 0 Å². The van der Waals surface area contributed by atoms with Gasteiger partial charge in [-0.2, -0.15) is 0 Å². The quantitative estimate of drug-likeness (QED) is 0.613. The molecular formula is C14H16Cl3NO4S. The Morgan fingerprint density at radius 3 is 2.61 bits per heavy atom. The highest BCUT2D eigenvalue weighted by Crippen LogP contribution is 2.41. The van der Waals surface area contributed by atoms with E-state index in [1.54, 1.807) is 6.92 Å². The van der Waals surface area contributed by atoms with Crippen LogP contribution in [0.3, 0.4) is 0 Å². The lowest BCUT2D eigenvalue weighted by atomic mass is 9.93. The lowest BCUT2D eigenvalue weighted by Gasteiger charge is -2.30. The summed E-state index contributed by atoms with van der Waals surface area (Å²) >= 11 is 18.0. The maximum Gasteiger partial charge on any atom is 0.341 e. The normalized spacial score (nSPS) is 16.6. The summed E-state index contributed by atoms with van der Waals surface area (Å²) in [4.78, 5) is 25.1. The number of fused-ring (bicyclic) bond motifs is 1. The fourth-order valence-corrected chi connectivity index (χ4v) is 3.49. The molecular weight excluding hydrogens is 385 g/mol.